The van der Waals surface area contributed by atoms with Crippen LogP contribution in [0.15, 0.2) is 63.2 Å². The molecule has 3 rings (SSSR count). The quantitative estimate of drug-likeness (QED) is 0.648. The van der Waals surface area contributed by atoms with Gasteiger partial charge in [-0.3, -0.25) is 4.79 Å². The highest BCUT2D eigenvalue weighted by Crippen LogP contribution is 2.26. The van der Waals surface area contributed by atoms with Gasteiger partial charge in [-0.05, 0) is 63.7 Å². The second-order valence-corrected chi connectivity index (χ2v) is 11.9. The molecule has 0 spiro atoms. The van der Waals surface area contributed by atoms with Gasteiger partial charge in [0, 0.05) is 19.1 Å². The van der Waals surface area contributed by atoms with Crippen molar-refractivity contribution < 1.29 is 21.6 Å². The number of hydrogen-bond acceptors (Lipinski definition) is 6. The molecule has 1 aliphatic heterocycles. The number of benzene rings is 2. The van der Waals surface area contributed by atoms with Gasteiger partial charge in [0.15, 0.2) is 0 Å². The van der Waals surface area contributed by atoms with E-state index < -0.39 is 19.9 Å². The Morgan fingerprint density at radius 2 is 1.62 bits per heavy atom. The third-order valence-electron chi connectivity index (χ3n) is 5.43. The zero-order chi connectivity index (χ0) is 23.5. The first-order valence-corrected chi connectivity index (χ1v) is 13.3. The summed E-state index contributed by atoms with van der Waals surface area (Å²) in [5.41, 5.74) is 0.461. The Hall–Kier alpha value is -2.27. The molecule has 10 heteroatoms. The normalized spacial score (nSPS) is 15.8. The lowest BCUT2D eigenvalue weighted by Crippen LogP contribution is -2.48. The number of nitrogens with zero attached hydrogens (tertiary/aromatic N) is 2. The van der Waals surface area contributed by atoms with Crippen LogP contribution in [0.2, 0.25) is 0 Å². The minimum atomic E-state index is -3.94. The number of hydrogen-bond donors (Lipinski definition) is 1. The molecule has 1 saturated heterocycles. The monoisotopic (exact) mass is 479 g/mol. The molecule has 1 fully saturated rings. The number of carbonyl (C=O) groups excluding carboxylic acids is 1. The van der Waals surface area contributed by atoms with Gasteiger partial charge in [0.05, 0.1) is 21.2 Å². The maximum Gasteiger partial charge on any atom is 0.241 e. The number of piperidine rings is 1. The van der Waals surface area contributed by atoms with E-state index in [4.69, 9.17) is 0 Å². The largest absolute Gasteiger partial charge is 0.341 e. The maximum atomic E-state index is 13.1. The van der Waals surface area contributed by atoms with Gasteiger partial charge in [0.1, 0.15) is 0 Å². The van der Waals surface area contributed by atoms with Crippen molar-refractivity contribution in [3.05, 3.63) is 54.1 Å². The van der Waals surface area contributed by atoms with E-state index in [1.165, 1.54) is 30.3 Å². The van der Waals surface area contributed by atoms with E-state index in [2.05, 4.69) is 4.72 Å². The van der Waals surface area contributed by atoms with Gasteiger partial charge >= 0.3 is 0 Å². The van der Waals surface area contributed by atoms with E-state index in [-0.39, 0.29) is 26.6 Å². The average molecular weight is 480 g/mol. The second kappa shape index (κ2) is 9.70. The van der Waals surface area contributed by atoms with Crippen LogP contribution in [0, 0.1) is 6.92 Å². The lowest BCUT2D eigenvalue weighted by Gasteiger charge is -2.33. The molecule has 32 heavy (non-hydrogen) atoms. The maximum absolute atomic E-state index is 13.1. The number of likely N-dealkylation sites (N-methyl/N-ethyl adjacent to an activating group) is 1. The Morgan fingerprint density at radius 3 is 2.22 bits per heavy atom. The summed E-state index contributed by atoms with van der Waals surface area (Å²) in [5.74, 6) is 0.0194. The standard InChI is InChI=1S/C22H29N3O5S2/c1-17-9-10-20(31(27,28)19-7-5-4-6-8-19)15-21(17)32(29,30)23-18-11-13-25(14-12-18)22(26)16-24(2)3/h4-10,15,18,23H,11-14,16H2,1-3H3. The zero-order valence-corrected chi connectivity index (χ0v) is 20.1. The van der Waals surface area contributed by atoms with Crippen molar-refractivity contribution >= 4 is 25.8 Å². The fourth-order valence-corrected chi connectivity index (χ4v) is 6.63. The van der Waals surface area contributed by atoms with E-state index >= 15 is 0 Å². The lowest BCUT2D eigenvalue weighted by molar-refractivity contribution is -0.132. The SMILES string of the molecule is Cc1ccc(S(=O)(=O)c2ccccc2)cc1S(=O)(=O)NC1CCN(C(=O)CN(C)C)CC1. The Bertz CT molecular complexity index is 1170. The van der Waals surface area contributed by atoms with Gasteiger partial charge in [-0.1, -0.05) is 24.3 Å². The molecular weight excluding hydrogens is 450 g/mol. The topological polar surface area (TPSA) is 104 Å². The highest BCUT2D eigenvalue weighted by Gasteiger charge is 2.29. The predicted octanol–water partition coefficient (Wildman–Crippen LogP) is 1.66. The Morgan fingerprint density at radius 1 is 1.00 bits per heavy atom. The van der Waals surface area contributed by atoms with Crippen LogP contribution in [0.3, 0.4) is 0 Å². The molecule has 2 aromatic rings. The van der Waals surface area contributed by atoms with Crippen LogP contribution >= 0.6 is 0 Å². The minimum absolute atomic E-state index is 0.0194. The number of sulfone groups is 1. The summed E-state index contributed by atoms with van der Waals surface area (Å²) >= 11 is 0. The highest BCUT2D eigenvalue weighted by atomic mass is 32.2. The summed E-state index contributed by atoms with van der Waals surface area (Å²) in [6, 6.07) is 11.7. The van der Waals surface area contributed by atoms with Crippen LogP contribution < -0.4 is 4.72 Å². The molecule has 0 radical (unpaired) electrons. The average Bonchev–Trinajstić information content (AvgIpc) is 2.74. The molecule has 1 amide bonds. The number of amides is 1. The van der Waals surface area contributed by atoms with E-state index in [0.717, 1.165) is 0 Å². The van der Waals surface area contributed by atoms with Crippen molar-refractivity contribution in [3.8, 4) is 0 Å². The smallest absolute Gasteiger partial charge is 0.241 e. The highest BCUT2D eigenvalue weighted by molar-refractivity contribution is 7.91. The van der Waals surface area contributed by atoms with Gasteiger partial charge in [0.2, 0.25) is 25.8 Å². The van der Waals surface area contributed by atoms with Crippen molar-refractivity contribution in [2.45, 2.75) is 40.5 Å². The van der Waals surface area contributed by atoms with Gasteiger partial charge in [0.25, 0.3) is 0 Å². The fourth-order valence-electron chi connectivity index (χ4n) is 3.67. The van der Waals surface area contributed by atoms with Crippen molar-refractivity contribution in [1.29, 1.82) is 0 Å². The number of likely N-dealkylation sites (tertiary alicyclic amines) is 1. The third-order valence-corrected chi connectivity index (χ3v) is 8.86. The summed E-state index contributed by atoms with van der Waals surface area (Å²) in [7, 11) is -4.12. The molecule has 0 aromatic heterocycles. The molecule has 0 bridgehead atoms. The molecule has 1 N–H and O–H groups in total. The number of nitrogens with one attached hydrogen (secondary N) is 1. The Balaban J connectivity index is 1.77. The third kappa shape index (κ3) is 5.55. The van der Waals surface area contributed by atoms with Crippen LogP contribution in [0.4, 0.5) is 0 Å². The minimum Gasteiger partial charge on any atom is -0.341 e. The summed E-state index contributed by atoms with van der Waals surface area (Å²) in [6.07, 6.45) is 0.999. The number of rotatable bonds is 7. The lowest BCUT2D eigenvalue weighted by atomic mass is 10.1. The summed E-state index contributed by atoms with van der Waals surface area (Å²) in [4.78, 5) is 15.7. The molecule has 0 saturated carbocycles. The van der Waals surface area contributed by atoms with Crippen LogP contribution in [0.1, 0.15) is 18.4 Å². The van der Waals surface area contributed by atoms with Crippen molar-refractivity contribution in [2.75, 3.05) is 33.7 Å². The molecule has 8 nitrogen and oxygen atoms in total. The van der Waals surface area contributed by atoms with Gasteiger partial charge < -0.3 is 9.80 Å². The van der Waals surface area contributed by atoms with Crippen LogP contribution in [-0.2, 0) is 24.7 Å². The Kier molecular flexibility index (Phi) is 7.39. The first-order chi connectivity index (χ1) is 15.0. The van der Waals surface area contributed by atoms with E-state index in [9.17, 15) is 21.6 Å². The number of aryl methyl sites for hydroxylation is 1. The molecule has 0 unspecified atom stereocenters. The van der Waals surface area contributed by atoms with Crippen LogP contribution in [0.25, 0.3) is 0 Å². The van der Waals surface area contributed by atoms with Crippen molar-refractivity contribution in [3.63, 3.8) is 0 Å². The second-order valence-electron chi connectivity index (χ2n) is 8.26. The first-order valence-electron chi connectivity index (χ1n) is 10.4. The summed E-state index contributed by atoms with van der Waals surface area (Å²) in [5, 5.41) is 0. The number of carbonyl (C=O) groups is 1. The Labute approximate surface area is 190 Å². The molecule has 174 valence electrons. The van der Waals surface area contributed by atoms with E-state index in [0.29, 0.717) is 38.0 Å². The van der Waals surface area contributed by atoms with Crippen molar-refractivity contribution in [1.82, 2.24) is 14.5 Å². The fraction of sp³-hybridized carbons (Fsp3) is 0.409. The van der Waals surface area contributed by atoms with E-state index in [1.807, 2.05) is 14.1 Å². The van der Waals surface area contributed by atoms with E-state index in [1.54, 1.807) is 34.9 Å². The van der Waals surface area contributed by atoms with Gasteiger partial charge in [-0.25, -0.2) is 21.6 Å². The summed E-state index contributed by atoms with van der Waals surface area (Å²) < 4.78 is 54.8. The van der Waals surface area contributed by atoms with Crippen molar-refractivity contribution in [2.24, 2.45) is 0 Å². The molecule has 0 aliphatic carbocycles. The van der Waals surface area contributed by atoms with Crippen LogP contribution in [0.5, 0.6) is 0 Å². The molecule has 1 heterocycles. The zero-order valence-electron chi connectivity index (χ0n) is 18.5. The molecule has 2 aromatic carbocycles. The predicted molar refractivity (Wildman–Crippen MR) is 122 cm³/mol. The van der Waals surface area contributed by atoms with Gasteiger partial charge in [-0.2, -0.15) is 0 Å². The van der Waals surface area contributed by atoms with Crippen LogP contribution in [-0.4, -0.2) is 72.3 Å². The molecule has 1 aliphatic rings. The summed E-state index contributed by atoms with van der Waals surface area (Å²) in [6.45, 7) is 2.90. The van der Waals surface area contributed by atoms with Gasteiger partial charge in [-0.15, -0.1) is 0 Å². The number of sulfonamides is 1. The first kappa shape index (κ1) is 24.4. The molecular formula is C22H29N3O5S2. The molecule has 0 atom stereocenters.